The number of piperazine rings is 1. The Morgan fingerprint density at radius 2 is 1.83 bits per heavy atom. The maximum absolute atomic E-state index is 13.4. The Hall–Kier alpha value is -2.93. The Balaban J connectivity index is 1.31. The minimum Gasteiger partial charge on any atom is -0.361 e. The first-order valence-electron chi connectivity index (χ1n) is 10.7. The van der Waals surface area contributed by atoms with Crippen molar-refractivity contribution in [2.75, 3.05) is 26.2 Å². The zero-order chi connectivity index (χ0) is 20.7. The van der Waals surface area contributed by atoms with Crippen molar-refractivity contribution in [1.29, 1.82) is 0 Å². The van der Waals surface area contributed by atoms with Crippen LogP contribution in [0.25, 0.3) is 5.69 Å². The van der Waals surface area contributed by atoms with E-state index in [4.69, 9.17) is 9.62 Å². The molecule has 2 aromatic heterocycles. The molecule has 0 unspecified atom stereocenters. The topological polar surface area (TPSA) is 67.4 Å². The molecule has 1 saturated carbocycles. The molecule has 5 rings (SSSR count). The number of amides is 1. The van der Waals surface area contributed by atoms with Gasteiger partial charge in [-0.15, -0.1) is 0 Å². The average Bonchev–Trinajstić information content (AvgIpc) is 3.46. The van der Waals surface area contributed by atoms with Gasteiger partial charge in [-0.05, 0) is 44.9 Å². The number of para-hydroxylation sites is 1. The van der Waals surface area contributed by atoms with E-state index in [1.165, 1.54) is 12.8 Å². The molecule has 30 heavy (non-hydrogen) atoms. The summed E-state index contributed by atoms with van der Waals surface area (Å²) in [6.07, 6.45) is 2.33. The van der Waals surface area contributed by atoms with Crippen molar-refractivity contribution in [1.82, 2.24) is 24.7 Å². The summed E-state index contributed by atoms with van der Waals surface area (Å²) in [4.78, 5) is 17.7. The van der Waals surface area contributed by atoms with Gasteiger partial charge >= 0.3 is 0 Å². The third-order valence-electron chi connectivity index (χ3n) is 6.17. The van der Waals surface area contributed by atoms with Crippen LogP contribution >= 0.6 is 0 Å². The molecular formula is C23H27N5O2. The monoisotopic (exact) mass is 405 g/mol. The summed E-state index contributed by atoms with van der Waals surface area (Å²) in [5.74, 6) is 1.45. The van der Waals surface area contributed by atoms with Gasteiger partial charge in [0.25, 0.3) is 5.91 Å². The summed E-state index contributed by atoms with van der Waals surface area (Å²) in [6.45, 7) is 7.85. The fraction of sp³-hybridized carbons (Fsp3) is 0.435. The van der Waals surface area contributed by atoms with E-state index in [0.29, 0.717) is 24.7 Å². The number of carbonyl (C=O) groups excluding carboxylic acids is 1. The smallest absolute Gasteiger partial charge is 0.272 e. The average molecular weight is 406 g/mol. The Bertz CT molecular complexity index is 1020. The summed E-state index contributed by atoms with van der Waals surface area (Å²) < 4.78 is 7.11. The first-order valence-corrected chi connectivity index (χ1v) is 10.7. The lowest BCUT2D eigenvalue weighted by Crippen LogP contribution is -2.48. The predicted octanol–water partition coefficient (Wildman–Crippen LogP) is 3.31. The second kappa shape index (κ2) is 7.72. The highest BCUT2D eigenvalue weighted by atomic mass is 16.5. The molecule has 1 aliphatic carbocycles. The summed E-state index contributed by atoms with van der Waals surface area (Å²) in [6, 6.07) is 12.0. The Labute approximate surface area is 176 Å². The van der Waals surface area contributed by atoms with Gasteiger partial charge in [0.15, 0.2) is 0 Å². The molecule has 1 aliphatic heterocycles. The highest BCUT2D eigenvalue weighted by molar-refractivity contribution is 5.93. The number of rotatable bonds is 5. The van der Waals surface area contributed by atoms with E-state index in [2.05, 4.69) is 10.1 Å². The summed E-state index contributed by atoms with van der Waals surface area (Å²) in [5, 5.41) is 8.83. The van der Waals surface area contributed by atoms with E-state index < -0.39 is 0 Å². The highest BCUT2D eigenvalue weighted by Crippen LogP contribution is 2.40. The van der Waals surface area contributed by atoms with Gasteiger partial charge in [0.05, 0.1) is 17.1 Å². The summed E-state index contributed by atoms with van der Waals surface area (Å²) >= 11 is 0. The van der Waals surface area contributed by atoms with Crippen molar-refractivity contribution in [3.63, 3.8) is 0 Å². The second-order valence-electron chi connectivity index (χ2n) is 8.35. The molecule has 0 N–H and O–H groups in total. The molecule has 0 spiro atoms. The molecule has 0 radical (unpaired) electrons. The van der Waals surface area contributed by atoms with Gasteiger partial charge in [-0.2, -0.15) is 5.10 Å². The lowest BCUT2D eigenvalue weighted by molar-refractivity contribution is 0.0618. The van der Waals surface area contributed by atoms with E-state index in [0.717, 1.165) is 48.0 Å². The maximum Gasteiger partial charge on any atom is 0.272 e. The summed E-state index contributed by atoms with van der Waals surface area (Å²) in [7, 11) is 0. The molecule has 7 nitrogen and oxygen atoms in total. The van der Waals surface area contributed by atoms with Crippen molar-refractivity contribution < 1.29 is 9.32 Å². The number of hydrogen-bond acceptors (Lipinski definition) is 5. The fourth-order valence-electron chi connectivity index (χ4n) is 4.12. The maximum atomic E-state index is 13.4. The van der Waals surface area contributed by atoms with Crippen LogP contribution in [0.1, 0.15) is 52.0 Å². The first kappa shape index (κ1) is 19.1. The van der Waals surface area contributed by atoms with Crippen molar-refractivity contribution in [3.05, 3.63) is 64.8 Å². The van der Waals surface area contributed by atoms with Crippen LogP contribution in [0, 0.1) is 13.8 Å². The molecule has 3 heterocycles. The zero-order valence-electron chi connectivity index (χ0n) is 17.5. The van der Waals surface area contributed by atoms with Gasteiger partial charge in [0, 0.05) is 44.2 Å². The number of carbonyl (C=O) groups is 1. The lowest BCUT2D eigenvalue weighted by Gasteiger charge is -2.34. The van der Waals surface area contributed by atoms with Crippen LogP contribution in [0.3, 0.4) is 0 Å². The molecule has 1 aromatic carbocycles. The molecule has 2 fully saturated rings. The number of hydrogen-bond donors (Lipinski definition) is 0. The van der Waals surface area contributed by atoms with Gasteiger partial charge in [0.1, 0.15) is 11.5 Å². The van der Waals surface area contributed by atoms with Crippen LogP contribution < -0.4 is 0 Å². The van der Waals surface area contributed by atoms with Crippen LogP contribution in [0.15, 0.2) is 40.9 Å². The minimum atomic E-state index is 0.0650. The van der Waals surface area contributed by atoms with E-state index in [-0.39, 0.29) is 5.91 Å². The molecule has 0 atom stereocenters. The third-order valence-corrected chi connectivity index (χ3v) is 6.17. The molecule has 7 heteroatoms. The van der Waals surface area contributed by atoms with Crippen LogP contribution in [-0.4, -0.2) is 56.8 Å². The van der Waals surface area contributed by atoms with E-state index in [1.807, 2.05) is 59.8 Å². The Morgan fingerprint density at radius 3 is 2.47 bits per heavy atom. The fourth-order valence-corrected chi connectivity index (χ4v) is 4.12. The van der Waals surface area contributed by atoms with Gasteiger partial charge in [-0.3, -0.25) is 9.69 Å². The van der Waals surface area contributed by atoms with E-state index in [1.54, 1.807) is 0 Å². The van der Waals surface area contributed by atoms with Crippen LogP contribution in [0.4, 0.5) is 0 Å². The van der Waals surface area contributed by atoms with Crippen LogP contribution in [0.5, 0.6) is 0 Å². The van der Waals surface area contributed by atoms with Gasteiger partial charge in [-0.25, -0.2) is 4.68 Å². The number of aromatic nitrogens is 3. The second-order valence-corrected chi connectivity index (χ2v) is 8.35. The largest absolute Gasteiger partial charge is 0.361 e. The summed E-state index contributed by atoms with van der Waals surface area (Å²) in [5.41, 5.74) is 4.75. The van der Waals surface area contributed by atoms with Crippen molar-refractivity contribution in [3.8, 4) is 5.69 Å². The Morgan fingerprint density at radius 1 is 1.10 bits per heavy atom. The predicted molar refractivity (Wildman–Crippen MR) is 113 cm³/mol. The molecule has 3 aromatic rings. The zero-order valence-corrected chi connectivity index (χ0v) is 17.5. The first-order chi connectivity index (χ1) is 14.6. The number of aryl methyl sites for hydroxylation is 2. The quantitative estimate of drug-likeness (QED) is 0.651. The minimum absolute atomic E-state index is 0.0650. The van der Waals surface area contributed by atoms with Gasteiger partial charge < -0.3 is 9.42 Å². The molecule has 1 amide bonds. The Kier molecular flexibility index (Phi) is 4.90. The standard InChI is InChI=1S/C23H27N5O2/c1-16-20(17(2)30-25-16)15-26-10-12-27(13-11-26)23(29)22-14-21(18-8-9-18)24-28(22)19-6-4-3-5-7-19/h3-7,14,18H,8-13,15H2,1-2H3. The van der Waals surface area contributed by atoms with Crippen LogP contribution in [-0.2, 0) is 6.54 Å². The molecule has 156 valence electrons. The van der Waals surface area contributed by atoms with Crippen molar-refractivity contribution in [2.45, 2.75) is 39.2 Å². The number of nitrogens with zero attached hydrogens (tertiary/aromatic N) is 5. The van der Waals surface area contributed by atoms with E-state index in [9.17, 15) is 4.79 Å². The van der Waals surface area contributed by atoms with Crippen LogP contribution in [0.2, 0.25) is 0 Å². The normalized spacial score (nSPS) is 17.5. The molecular weight excluding hydrogens is 378 g/mol. The van der Waals surface area contributed by atoms with Crippen molar-refractivity contribution in [2.24, 2.45) is 0 Å². The van der Waals surface area contributed by atoms with Crippen molar-refractivity contribution >= 4 is 5.91 Å². The molecule has 0 bridgehead atoms. The molecule has 1 saturated heterocycles. The lowest BCUT2D eigenvalue weighted by atomic mass is 10.1. The SMILES string of the molecule is Cc1noc(C)c1CN1CCN(C(=O)c2cc(C3CC3)nn2-c2ccccc2)CC1. The number of benzene rings is 1. The molecule has 2 aliphatic rings. The van der Waals surface area contributed by atoms with Gasteiger partial charge in [-0.1, -0.05) is 23.4 Å². The third kappa shape index (κ3) is 3.65. The highest BCUT2D eigenvalue weighted by Gasteiger charge is 2.31. The van der Waals surface area contributed by atoms with E-state index >= 15 is 0 Å². The van der Waals surface area contributed by atoms with Gasteiger partial charge in [0.2, 0.25) is 0 Å².